The van der Waals surface area contributed by atoms with Crippen LogP contribution in [-0.4, -0.2) is 0 Å². The molecule has 0 heterocycles. The van der Waals surface area contributed by atoms with Gasteiger partial charge in [-0.2, -0.15) is 0 Å². The van der Waals surface area contributed by atoms with E-state index in [0.29, 0.717) is 29.0 Å². The van der Waals surface area contributed by atoms with Gasteiger partial charge in [0.1, 0.15) is 0 Å². The van der Waals surface area contributed by atoms with Gasteiger partial charge < -0.3 is 0 Å². The molecule has 186 valence electrons. The van der Waals surface area contributed by atoms with E-state index in [9.17, 15) is 13.2 Å². The molecule has 0 nitrogen and oxygen atoms in total. The SMILES string of the molecule is CCCC1CCC(c2ccc(C3CCC(CCc4cc(F)c(F)c(F)c4)CC3)c(F)c2F)CC1. The standard InChI is InChI=1S/C29H35F5/c1-2-3-18-6-10-21(11-7-18)23-14-15-24(28(33)27(23)32)22-12-8-19(9-13-22)4-5-20-16-25(30)29(34)26(31)17-20/h14-19,21-22H,2-13H2,1H3. The van der Waals surface area contributed by atoms with E-state index in [2.05, 4.69) is 6.92 Å². The molecule has 0 bridgehead atoms. The predicted molar refractivity (Wildman–Crippen MR) is 125 cm³/mol. The highest BCUT2D eigenvalue weighted by atomic mass is 19.2. The number of hydrogen-bond donors (Lipinski definition) is 0. The van der Waals surface area contributed by atoms with Crippen molar-refractivity contribution in [1.82, 2.24) is 0 Å². The van der Waals surface area contributed by atoms with Gasteiger partial charge in [-0.15, -0.1) is 0 Å². The molecular weight excluding hydrogens is 443 g/mol. The fourth-order valence-electron chi connectivity index (χ4n) is 6.27. The van der Waals surface area contributed by atoms with Crippen molar-refractivity contribution in [2.75, 3.05) is 0 Å². The molecule has 0 aromatic heterocycles. The van der Waals surface area contributed by atoms with Crippen molar-refractivity contribution >= 4 is 0 Å². The second kappa shape index (κ2) is 11.2. The zero-order chi connectivity index (χ0) is 24.2. The topological polar surface area (TPSA) is 0 Å². The summed E-state index contributed by atoms with van der Waals surface area (Å²) in [7, 11) is 0. The van der Waals surface area contributed by atoms with Crippen molar-refractivity contribution in [3.8, 4) is 0 Å². The molecular formula is C29H35F5. The minimum Gasteiger partial charge on any atom is -0.204 e. The van der Waals surface area contributed by atoms with Crippen LogP contribution in [0.25, 0.3) is 0 Å². The second-order valence-electron chi connectivity index (χ2n) is 10.5. The van der Waals surface area contributed by atoms with E-state index in [1.165, 1.54) is 12.8 Å². The summed E-state index contributed by atoms with van der Waals surface area (Å²) >= 11 is 0. The highest BCUT2D eigenvalue weighted by Crippen LogP contribution is 2.42. The van der Waals surface area contributed by atoms with Gasteiger partial charge in [0.05, 0.1) is 0 Å². The van der Waals surface area contributed by atoms with E-state index in [-0.39, 0.29) is 11.8 Å². The van der Waals surface area contributed by atoms with Gasteiger partial charge in [-0.05, 0) is 117 Å². The Morgan fingerprint density at radius 3 is 1.50 bits per heavy atom. The number of rotatable bonds is 7. The molecule has 2 fully saturated rings. The van der Waals surface area contributed by atoms with Gasteiger partial charge in [0.25, 0.3) is 0 Å². The maximum Gasteiger partial charge on any atom is 0.194 e. The van der Waals surface area contributed by atoms with Crippen LogP contribution in [-0.2, 0) is 6.42 Å². The summed E-state index contributed by atoms with van der Waals surface area (Å²) in [5.74, 6) is -3.87. The molecule has 34 heavy (non-hydrogen) atoms. The molecule has 0 atom stereocenters. The predicted octanol–water partition coefficient (Wildman–Crippen LogP) is 9.36. The van der Waals surface area contributed by atoms with Gasteiger partial charge >= 0.3 is 0 Å². The molecule has 0 radical (unpaired) electrons. The highest BCUT2D eigenvalue weighted by Gasteiger charge is 2.29. The molecule has 2 aromatic carbocycles. The fraction of sp³-hybridized carbons (Fsp3) is 0.586. The van der Waals surface area contributed by atoms with Gasteiger partial charge in [-0.1, -0.05) is 31.9 Å². The van der Waals surface area contributed by atoms with Crippen LogP contribution in [0.15, 0.2) is 24.3 Å². The van der Waals surface area contributed by atoms with Gasteiger partial charge in [0.15, 0.2) is 29.1 Å². The Morgan fingerprint density at radius 1 is 0.618 bits per heavy atom. The quantitative estimate of drug-likeness (QED) is 0.275. The van der Waals surface area contributed by atoms with Crippen LogP contribution in [0, 0.1) is 40.9 Å². The third kappa shape index (κ3) is 5.66. The van der Waals surface area contributed by atoms with E-state index >= 15 is 8.78 Å². The summed E-state index contributed by atoms with van der Waals surface area (Å²) < 4.78 is 70.2. The normalized spacial score (nSPS) is 25.5. The van der Waals surface area contributed by atoms with Crippen LogP contribution in [0.3, 0.4) is 0 Å². The Kier molecular flexibility index (Phi) is 8.31. The van der Waals surface area contributed by atoms with Crippen LogP contribution in [0.4, 0.5) is 22.0 Å². The molecule has 0 aliphatic heterocycles. The molecule has 0 unspecified atom stereocenters. The summed E-state index contributed by atoms with van der Waals surface area (Å²) in [5.41, 5.74) is 1.48. The van der Waals surface area contributed by atoms with Crippen LogP contribution in [0.2, 0.25) is 0 Å². The Morgan fingerprint density at radius 2 is 1.06 bits per heavy atom. The fourth-order valence-corrected chi connectivity index (χ4v) is 6.27. The van der Waals surface area contributed by atoms with Gasteiger partial charge in [0, 0.05) is 0 Å². The molecule has 0 N–H and O–H groups in total. The Bertz CT molecular complexity index is 946. The molecule has 0 spiro atoms. The minimum atomic E-state index is -1.44. The highest BCUT2D eigenvalue weighted by molar-refractivity contribution is 5.32. The summed E-state index contributed by atoms with van der Waals surface area (Å²) in [6, 6.07) is 5.74. The third-order valence-corrected chi connectivity index (χ3v) is 8.30. The first-order valence-electron chi connectivity index (χ1n) is 13.0. The van der Waals surface area contributed by atoms with E-state index in [1.807, 2.05) is 6.07 Å². The molecule has 2 aliphatic rings. The van der Waals surface area contributed by atoms with Gasteiger partial charge in [0.2, 0.25) is 0 Å². The molecule has 2 aromatic rings. The van der Waals surface area contributed by atoms with Crippen molar-refractivity contribution in [3.63, 3.8) is 0 Å². The lowest BCUT2D eigenvalue weighted by Gasteiger charge is -2.31. The van der Waals surface area contributed by atoms with Crippen molar-refractivity contribution in [3.05, 3.63) is 70.0 Å². The van der Waals surface area contributed by atoms with E-state index < -0.39 is 29.1 Å². The zero-order valence-electron chi connectivity index (χ0n) is 20.0. The largest absolute Gasteiger partial charge is 0.204 e. The Balaban J connectivity index is 1.32. The first-order chi connectivity index (χ1) is 16.4. The molecule has 5 heteroatoms. The van der Waals surface area contributed by atoms with Gasteiger partial charge in [-0.25, -0.2) is 22.0 Å². The number of hydrogen-bond acceptors (Lipinski definition) is 0. The monoisotopic (exact) mass is 478 g/mol. The van der Waals surface area contributed by atoms with E-state index in [4.69, 9.17) is 0 Å². The lowest BCUT2D eigenvalue weighted by molar-refractivity contribution is 0.297. The summed E-state index contributed by atoms with van der Waals surface area (Å²) in [5, 5.41) is 0. The second-order valence-corrected chi connectivity index (χ2v) is 10.5. The molecule has 2 aliphatic carbocycles. The van der Waals surface area contributed by atoms with Crippen molar-refractivity contribution in [2.24, 2.45) is 11.8 Å². The maximum absolute atomic E-state index is 15.1. The first kappa shape index (κ1) is 25.2. The molecule has 0 amide bonds. The van der Waals surface area contributed by atoms with Crippen molar-refractivity contribution in [1.29, 1.82) is 0 Å². The summed E-state index contributed by atoms with van der Waals surface area (Å²) in [4.78, 5) is 0. The average molecular weight is 479 g/mol. The van der Waals surface area contributed by atoms with Crippen molar-refractivity contribution in [2.45, 2.75) is 95.8 Å². The van der Waals surface area contributed by atoms with Crippen LogP contribution in [0.1, 0.15) is 106 Å². The molecule has 0 saturated heterocycles. The summed E-state index contributed by atoms with van der Waals surface area (Å²) in [6.07, 6.45) is 11.0. The number of halogens is 5. The van der Waals surface area contributed by atoms with Crippen LogP contribution in [0.5, 0.6) is 0 Å². The van der Waals surface area contributed by atoms with Crippen molar-refractivity contribution < 1.29 is 22.0 Å². The van der Waals surface area contributed by atoms with E-state index in [0.717, 1.165) is 75.8 Å². The smallest absolute Gasteiger partial charge is 0.194 e. The van der Waals surface area contributed by atoms with Crippen LogP contribution >= 0.6 is 0 Å². The zero-order valence-corrected chi connectivity index (χ0v) is 20.0. The molecule has 4 rings (SSSR count). The maximum atomic E-state index is 15.1. The lowest BCUT2D eigenvalue weighted by atomic mass is 9.75. The van der Waals surface area contributed by atoms with Gasteiger partial charge in [-0.3, -0.25) is 0 Å². The lowest BCUT2D eigenvalue weighted by Crippen LogP contribution is -2.17. The Hall–Kier alpha value is -1.91. The third-order valence-electron chi connectivity index (χ3n) is 8.30. The first-order valence-corrected chi connectivity index (χ1v) is 13.0. The molecule has 2 saturated carbocycles. The Labute approximate surface area is 200 Å². The van der Waals surface area contributed by atoms with Crippen LogP contribution < -0.4 is 0 Å². The van der Waals surface area contributed by atoms with E-state index in [1.54, 1.807) is 6.07 Å². The minimum absolute atomic E-state index is 0.000741. The average Bonchev–Trinajstić information content (AvgIpc) is 2.84. The number of benzene rings is 2. The summed E-state index contributed by atoms with van der Waals surface area (Å²) in [6.45, 7) is 2.20. The number of aryl methyl sites for hydroxylation is 1.